The van der Waals surface area contributed by atoms with Crippen LogP contribution in [0.4, 0.5) is 0 Å². The smallest absolute Gasteiger partial charge is 0.423 e. The first-order valence-corrected chi connectivity index (χ1v) is 8.87. The van der Waals surface area contributed by atoms with Crippen LogP contribution in [0.15, 0.2) is 42.5 Å². The summed E-state index contributed by atoms with van der Waals surface area (Å²) >= 11 is 0. The van der Waals surface area contributed by atoms with Gasteiger partial charge >= 0.3 is 7.12 Å². The van der Waals surface area contributed by atoms with Crippen molar-refractivity contribution in [2.75, 3.05) is 6.54 Å². The second-order valence-electron chi connectivity index (χ2n) is 6.82. The highest BCUT2D eigenvalue weighted by Crippen LogP contribution is 2.34. The van der Waals surface area contributed by atoms with Crippen LogP contribution in [0.25, 0.3) is 10.9 Å². The number of benzene rings is 2. The molecule has 0 saturated carbocycles. The standard InChI is InChI=1S/C20H19BN2O4/c1-12-19-16(15-4-2-3-5-18(15)22-19)8-9-23(12)20(25)13-6-7-17(21(26)27)14(10-13)11-24/h2-7,10-12,22,26-27H,8-9H2,1H3. The van der Waals surface area contributed by atoms with E-state index in [1.165, 1.54) is 29.1 Å². The summed E-state index contributed by atoms with van der Waals surface area (Å²) in [7, 11) is -1.75. The van der Waals surface area contributed by atoms with Crippen LogP contribution in [0.3, 0.4) is 0 Å². The molecule has 1 aromatic heterocycles. The first-order chi connectivity index (χ1) is 13.0. The van der Waals surface area contributed by atoms with Crippen LogP contribution >= 0.6 is 0 Å². The molecule has 1 amide bonds. The summed E-state index contributed by atoms with van der Waals surface area (Å²) in [6.45, 7) is 2.56. The lowest BCUT2D eigenvalue weighted by Gasteiger charge is -2.33. The van der Waals surface area contributed by atoms with Gasteiger partial charge in [0.05, 0.1) is 6.04 Å². The van der Waals surface area contributed by atoms with Crippen LogP contribution in [0.1, 0.15) is 44.9 Å². The summed E-state index contributed by atoms with van der Waals surface area (Å²) in [5.74, 6) is -0.186. The Kier molecular flexibility index (Phi) is 4.33. The number of aromatic nitrogens is 1. The van der Waals surface area contributed by atoms with Crippen LogP contribution in [-0.2, 0) is 6.42 Å². The van der Waals surface area contributed by atoms with Gasteiger partial charge in [0, 0.05) is 34.3 Å². The number of H-pyrrole nitrogens is 1. The molecule has 2 heterocycles. The Morgan fingerprint density at radius 3 is 2.78 bits per heavy atom. The Morgan fingerprint density at radius 2 is 2.04 bits per heavy atom. The summed E-state index contributed by atoms with van der Waals surface area (Å²) < 4.78 is 0. The van der Waals surface area contributed by atoms with Crippen molar-refractivity contribution in [1.29, 1.82) is 0 Å². The predicted molar refractivity (Wildman–Crippen MR) is 103 cm³/mol. The molecule has 1 aliphatic heterocycles. The molecular weight excluding hydrogens is 343 g/mol. The molecule has 1 aliphatic rings. The Bertz CT molecular complexity index is 1040. The minimum Gasteiger partial charge on any atom is -0.423 e. The van der Waals surface area contributed by atoms with Crippen molar-refractivity contribution in [3.05, 3.63) is 64.8 Å². The van der Waals surface area contributed by atoms with Crippen molar-refractivity contribution in [2.24, 2.45) is 0 Å². The minimum absolute atomic E-state index is 0.0890. The molecule has 0 spiro atoms. The fourth-order valence-electron chi connectivity index (χ4n) is 3.92. The van der Waals surface area contributed by atoms with Crippen LogP contribution in [0.5, 0.6) is 0 Å². The van der Waals surface area contributed by atoms with Crippen molar-refractivity contribution < 1.29 is 19.6 Å². The Hall–Kier alpha value is -2.90. The van der Waals surface area contributed by atoms with Gasteiger partial charge in [-0.15, -0.1) is 0 Å². The number of nitrogens with one attached hydrogen (secondary N) is 1. The monoisotopic (exact) mass is 362 g/mol. The van der Waals surface area contributed by atoms with E-state index in [-0.39, 0.29) is 23.0 Å². The number of rotatable bonds is 3. The molecule has 4 rings (SSSR count). The zero-order chi connectivity index (χ0) is 19.1. The molecule has 1 unspecified atom stereocenters. The lowest BCUT2D eigenvalue weighted by atomic mass is 9.76. The van der Waals surface area contributed by atoms with Crippen molar-refractivity contribution in [3.63, 3.8) is 0 Å². The van der Waals surface area contributed by atoms with Gasteiger partial charge < -0.3 is 19.9 Å². The first kappa shape index (κ1) is 17.5. The summed E-state index contributed by atoms with van der Waals surface area (Å²) in [6, 6.07) is 12.3. The second-order valence-corrected chi connectivity index (χ2v) is 6.82. The van der Waals surface area contributed by atoms with Gasteiger partial charge in [-0.3, -0.25) is 9.59 Å². The van der Waals surface area contributed by atoms with Gasteiger partial charge in [-0.25, -0.2) is 0 Å². The van der Waals surface area contributed by atoms with Crippen LogP contribution in [0, 0.1) is 0 Å². The number of hydrogen-bond acceptors (Lipinski definition) is 4. The highest BCUT2D eigenvalue weighted by molar-refractivity contribution is 6.60. The van der Waals surface area contributed by atoms with Gasteiger partial charge in [-0.2, -0.15) is 0 Å². The maximum Gasteiger partial charge on any atom is 0.489 e. The average Bonchev–Trinajstić information content (AvgIpc) is 3.07. The molecule has 3 aromatic rings. The quantitative estimate of drug-likeness (QED) is 0.485. The third kappa shape index (κ3) is 2.85. The van der Waals surface area contributed by atoms with E-state index in [0.29, 0.717) is 18.4 Å². The molecule has 0 fully saturated rings. The largest absolute Gasteiger partial charge is 0.489 e. The molecule has 6 nitrogen and oxygen atoms in total. The van der Waals surface area contributed by atoms with Gasteiger partial charge in [0.15, 0.2) is 0 Å². The van der Waals surface area contributed by atoms with Gasteiger partial charge in [-0.1, -0.05) is 24.3 Å². The Balaban J connectivity index is 1.68. The van der Waals surface area contributed by atoms with E-state index < -0.39 is 7.12 Å². The molecule has 1 atom stereocenters. The zero-order valence-electron chi connectivity index (χ0n) is 14.8. The van der Waals surface area contributed by atoms with Crippen LogP contribution < -0.4 is 5.46 Å². The van der Waals surface area contributed by atoms with Gasteiger partial charge in [0.25, 0.3) is 5.91 Å². The number of carbonyl (C=O) groups excluding carboxylic acids is 2. The van der Waals surface area contributed by atoms with E-state index in [2.05, 4.69) is 11.1 Å². The molecule has 0 bridgehead atoms. The van der Waals surface area contributed by atoms with E-state index in [0.717, 1.165) is 17.6 Å². The third-order valence-corrected chi connectivity index (χ3v) is 5.33. The topological polar surface area (TPSA) is 93.6 Å². The molecule has 7 heteroatoms. The number of para-hydroxylation sites is 1. The molecule has 0 aliphatic carbocycles. The van der Waals surface area contributed by atoms with Crippen molar-refractivity contribution in [2.45, 2.75) is 19.4 Å². The van der Waals surface area contributed by atoms with Gasteiger partial charge in [0.2, 0.25) is 0 Å². The van der Waals surface area contributed by atoms with E-state index in [1.807, 2.05) is 25.1 Å². The SMILES string of the molecule is CC1c2[nH]c3ccccc3c2CCN1C(=O)c1ccc(B(O)O)c(C=O)c1. The number of aldehydes is 1. The van der Waals surface area contributed by atoms with Crippen LogP contribution in [0.2, 0.25) is 0 Å². The van der Waals surface area contributed by atoms with Crippen LogP contribution in [-0.4, -0.2) is 45.8 Å². The lowest BCUT2D eigenvalue weighted by molar-refractivity contribution is 0.0674. The molecule has 0 saturated heterocycles. The third-order valence-electron chi connectivity index (χ3n) is 5.33. The Morgan fingerprint density at radius 1 is 1.26 bits per heavy atom. The number of carbonyl (C=O) groups is 2. The van der Waals surface area contributed by atoms with Crippen molar-refractivity contribution in [3.8, 4) is 0 Å². The van der Waals surface area contributed by atoms with Crippen molar-refractivity contribution in [1.82, 2.24) is 9.88 Å². The number of amides is 1. The lowest BCUT2D eigenvalue weighted by Crippen LogP contribution is -2.39. The van der Waals surface area contributed by atoms with Gasteiger partial charge in [0.1, 0.15) is 6.29 Å². The summed E-state index contributed by atoms with van der Waals surface area (Å²) in [6.07, 6.45) is 1.28. The maximum atomic E-state index is 13.1. The fourth-order valence-corrected chi connectivity index (χ4v) is 3.92. The molecule has 0 radical (unpaired) electrons. The molecular formula is C20H19BN2O4. The number of fused-ring (bicyclic) bond motifs is 3. The normalized spacial score (nSPS) is 16.3. The minimum atomic E-state index is -1.75. The molecule has 136 valence electrons. The van der Waals surface area contributed by atoms with Gasteiger partial charge in [-0.05, 0) is 42.6 Å². The zero-order valence-corrected chi connectivity index (χ0v) is 14.8. The number of aromatic amines is 1. The first-order valence-electron chi connectivity index (χ1n) is 8.87. The van der Waals surface area contributed by atoms with E-state index in [9.17, 15) is 19.6 Å². The highest BCUT2D eigenvalue weighted by atomic mass is 16.4. The summed E-state index contributed by atoms with van der Waals surface area (Å²) in [5.41, 5.74) is 3.89. The predicted octanol–water partition coefficient (Wildman–Crippen LogP) is 1.42. The van der Waals surface area contributed by atoms with E-state index >= 15 is 0 Å². The Labute approximate surface area is 156 Å². The maximum absolute atomic E-state index is 13.1. The molecule has 2 aromatic carbocycles. The molecule has 3 N–H and O–H groups in total. The number of hydrogen-bond donors (Lipinski definition) is 3. The van der Waals surface area contributed by atoms with E-state index in [4.69, 9.17) is 0 Å². The summed E-state index contributed by atoms with van der Waals surface area (Å²) in [4.78, 5) is 29.5. The fraction of sp³-hybridized carbons (Fsp3) is 0.200. The van der Waals surface area contributed by atoms with Crippen molar-refractivity contribution >= 4 is 35.7 Å². The molecule has 27 heavy (non-hydrogen) atoms. The van der Waals surface area contributed by atoms with E-state index in [1.54, 1.807) is 4.90 Å². The number of nitrogens with zero attached hydrogens (tertiary/aromatic N) is 1. The second kappa shape index (κ2) is 6.68. The summed E-state index contributed by atoms with van der Waals surface area (Å²) in [5, 5.41) is 19.9. The average molecular weight is 362 g/mol. The highest BCUT2D eigenvalue weighted by Gasteiger charge is 2.31.